The molecular weight excluding hydrogens is 1400 g/mol. The third kappa shape index (κ3) is 29.6. The quantitative estimate of drug-likeness (QED) is 0.0362. The van der Waals surface area contributed by atoms with E-state index in [9.17, 15) is 87.2 Å². The van der Waals surface area contributed by atoms with Crippen LogP contribution in [0.3, 0.4) is 0 Å². The molecule has 2 aromatic carbocycles. The Morgan fingerprint density at radius 2 is 1.01 bits per heavy atom. The number of hydrogen-bond acceptors (Lipinski definition) is 17. The molecule has 3 aromatic rings. The number of fused-ring (bicyclic) bond motifs is 1. The lowest BCUT2D eigenvalue weighted by Crippen LogP contribution is -2.62. The van der Waals surface area contributed by atoms with Gasteiger partial charge in [-0.25, -0.2) is 4.79 Å². The highest BCUT2D eigenvalue weighted by atomic mass is 16.4. The monoisotopic (exact) mass is 1510 g/mol. The number of rotatable bonds is 46. The van der Waals surface area contributed by atoms with Crippen molar-refractivity contribution >= 4 is 99.6 Å². The fourth-order valence-electron chi connectivity index (χ4n) is 12.4. The molecule has 108 heavy (non-hydrogen) atoms. The highest BCUT2D eigenvalue weighted by Gasteiger charge is 2.42. The number of likely N-dealkylation sites (tertiary alicyclic amines) is 1. The summed E-state index contributed by atoms with van der Waals surface area (Å²) in [6.45, 7) is 19.3. The van der Waals surface area contributed by atoms with Crippen molar-refractivity contribution in [2.75, 3.05) is 19.7 Å². The molecule has 598 valence electrons. The van der Waals surface area contributed by atoms with Crippen LogP contribution >= 0.6 is 0 Å². The van der Waals surface area contributed by atoms with E-state index < -0.39 is 212 Å². The van der Waals surface area contributed by atoms with E-state index >= 15 is 0 Å². The predicted octanol–water partition coefficient (Wildman–Crippen LogP) is 0.329. The zero-order chi connectivity index (χ0) is 80.8. The molecule has 1 aliphatic heterocycles. The van der Waals surface area contributed by atoms with Crippen molar-refractivity contribution < 1.29 is 87.2 Å². The van der Waals surface area contributed by atoms with Crippen LogP contribution in [0.4, 0.5) is 0 Å². The van der Waals surface area contributed by atoms with Gasteiger partial charge < -0.3 is 95.2 Å². The van der Waals surface area contributed by atoms with Crippen molar-refractivity contribution in [3.8, 4) is 0 Å². The molecule has 2 heterocycles. The number of hydrogen-bond donors (Lipinski definition) is 17. The van der Waals surface area contributed by atoms with Gasteiger partial charge in [-0.2, -0.15) is 0 Å². The third-order valence-electron chi connectivity index (χ3n) is 18.4. The van der Waals surface area contributed by atoms with E-state index in [0.29, 0.717) is 34.9 Å². The number of aromatic nitrogens is 1. The van der Waals surface area contributed by atoms with Crippen LogP contribution in [0.1, 0.15) is 165 Å². The predicted molar refractivity (Wildman–Crippen MR) is 399 cm³/mol. The fourth-order valence-corrected chi connectivity index (χ4v) is 12.4. The van der Waals surface area contributed by atoms with Crippen LogP contribution in [0, 0.1) is 35.5 Å². The number of aliphatic carboxylic acids is 2. The Kier molecular flexibility index (Phi) is 37.1. The SMILES string of the molecule is CC[C@H](C)[C@H](NC(=O)[C@H](CC(C)C)NC(=O)[C@@H](N)CC(C)C)C(=O)N[C@@H](CCC(N)=O)C(=O)N[C@@H](CO)C(=O)N[C@@H](Cc1c[nH]c2ccccc12)C(=O)N[C@@H](CC(C)C)C(=O)N[C@@H](CCC(=O)O)C(=O)N1CCC[C@H]1C(=O)N[C@H](C(=O)NCC(=O)N[C@@H](Cc1ccccc1)C(=O)N[C@@H](CC(C)C)C(=O)O)C(C)C. The van der Waals surface area contributed by atoms with Crippen molar-refractivity contribution in [3.05, 3.63) is 71.9 Å². The van der Waals surface area contributed by atoms with Gasteiger partial charge in [0, 0.05) is 49.3 Å². The first-order chi connectivity index (χ1) is 50.8. The number of para-hydroxylation sites is 1. The molecule has 1 aromatic heterocycles. The minimum Gasteiger partial charge on any atom is -0.481 e. The van der Waals surface area contributed by atoms with E-state index in [0.717, 1.165) is 4.90 Å². The van der Waals surface area contributed by atoms with Gasteiger partial charge in [-0.1, -0.05) is 138 Å². The van der Waals surface area contributed by atoms with Gasteiger partial charge in [-0.05, 0) is 104 Å². The molecule has 33 heteroatoms. The van der Waals surface area contributed by atoms with Crippen molar-refractivity contribution in [3.63, 3.8) is 0 Å². The molecular formula is C75H115N15O18. The normalized spacial score (nSPS) is 16.2. The van der Waals surface area contributed by atoms with Gasteiger partial charge in [0.1, 0.15) is 66.5 Å². The van der Waals surface area contributed by atoms with E-state index in [-0.39, 0.29) is 75.2 Å². The lowest BCUT2D eigenvalue weighted by atomic mass is 9.96. The van der Waals surface area contributed by atoms with Gasteiger partial charge >= 0.3 is 11.9 Å². The second-order valence-electron chi connectivity index (χ2n) is 29.9. The number of H-pyrrole nitrogens is 1. The topological polar surface area (TPSA) is 520 Å². The third-order valence-corrected chi connectivity index (χ3v) is 18.4. The molecule has 1 aliphatic rings. The van der Waals surface area contributed by atoms with Crippen LogP contribution in [-0.4, -0.2) is 206 Å². The first-order valence-corrected chi connectivity index (χ1v) is 37.1. The molecule has 33 nitrogen and oxygen atoms in total. The summed E-state index contributed by atoms with van der Waals surface area (Å²) in [5.74, 6) is -15.6. The molecule has 0 radical (unpaired) electrons. The Morgan fingerprint density at radius 3 is 1.57 bits per heavy atom. The molecule has 19 N–H and O–H groups in total. The summed E-state index contributed by atoms with van der Waals surface area (Å²) >= 11 is 0. The van der Waals surface area contributed by atoms with E-state index in [2.05, 4.69) is 63.5 Å². The first-order valence-electron chi connectivity index (χ1n) is 37.1. The second-order valence-corrected chi connectivity index (χ2v) is 29.9. The number of nitrogens with two attached hydrogens (primary N) is 2. The Labute approximate surface area is 630 Å². The van der Waals surface area contributed by atoms with Gasteiger partial charge in [0.05, 0.1) is 19.2 Å². The number of primary amides is 1. The smallest absolute Gasteiger partial charge is 0.326 e. The number of benzene rings is 2. The summed E-state index contributed by atoms with van der Waals surface area (Å²) in [5, 5.41) is 59.6. The fraction of sp³-hybridized carbons (Fsp3) is 0.613. The summed E-state index contributed by atoms with van der Waals surface area (Å²) in [5.41, 5.74) is 13.4. The number of carboxylic acid groups (broad SMARTS) is 2. The maximum Gasteiger partial charge on any atom is 0.326 e. The van der Waals surface area contributed by atoms with Crippen LogP contribution in [0.15, 0.2) is 60.8 Å². The molecule has 4 rings (SSSR count). The van der Waals surface area contributed by atoms with Crippen LogP contribution in [0.2, 0.25) is 0 Å². The summed E-state index contributed by atoms with van der Waals surface area (Å²) in [6.07, 6.45) is 0.395. The number of aliphatic hydroxyl groups excluding tert-OH is 1. The second kappa shape index (κ2) is 44.3. The van der Waals surface area contributed by atoms with Crippen molar-refractivity contribution in [2.24, 2.45) is 47.0 Å². The minimum absolute atomic E-state index is 0.0298. The van der Waals surface area contributed by atoms with Gasteiger partial charge in [0.2, 0.25) is 76.8 Å². The standard InChI is InChI=1S/C75H115N15O18/c1-13-44(12)63(89-69(101)53(32-41(6)7)83-64(96)48(76)30-39(2)3)73(105)81-50(25-27-59(77)92)65(97)87-57(38-91)70(102)85-55(35-46-36-78-49-23-18-17-22-47(46)49)68(100)84-52(31-40(4)5)66(98)82-51(26-28-61(94)95)74(106)90-29-19-24-58(90)71(103)88-62(43(10)11)72(104)79-37-60(93)80-54(34-45-20-15-14-16-21-45)67(99)86-56(75(107)108)33-42(8)9/h14-18,20-23,36,39-44,48,50-58,62-63,78,91H,13,19,24-35,37-38,76H2,1-12H3,(H2,77,92)(H,79,104)(H,80,93)(H,81,105)(H,82,98)(H,83,96)(H,84,100)(H,85,102)(H,86,99)(H,87,97)(H,88,103)(H,89,101)(H,94,95)(H,107,108)/t44-,48-,50-,51-,52-,53-,54-,55-,56-,57-,58-,62-,63-/m0/s1. The molecule has 13 amide bonds. The summed E-state index contributed by atoms with van der Waals surface area (Å²) in [6, 6.07) is -1.06. The van der Waals surface area contributed by atoms with Crippen molar-refractivity contribution in [1.29, 1.82) is 0 Å². The summed E-state index contributed by atoms with van der Waals surface area (Å²) < 4.78 is 0. The average molecular weight is 1510 g/mol. The first kappa shape index (κ1) is 90.3. The van der Waals surface area contributed by atoms with Crippen LogP contribution in [0.5, 0.6) is 0 Å². The van der Waals surface area contributed by atoms with Crippen LogP contribution < -0.4 is 70.0 Å². The summed E-state index contributed by atoms with van der Waals surface area (Å²) in [7, 11) is 0. The molecule has 0 bridgehead atoms. The molecule has 13 atom stereocenters. The lowest BCUT2D eigenvalue weighted by Gasteiger charge is -2.31. The summed E-state index contributed by atoms with van der Waals surface area (Å²) in [4.78, 5) is 211. The Hall–Kier alpha value is -10.1. The molecule has 0 spiro atoms. The maximum absolute atomic E-state index is 14.9. The number of carbonyl (C=O) groups excluding carboxylic acids is 13. The van der Waals surface area contributed by atoms with E-state index in [4.69, 9.17) is 11.5 Å². The largest absolute Gasteiger partial charge is 0.481 e. The zero-order valence-corrected chi connectivity index (χ0v) is 64.0. The molecule has 0 aliphatic carbocycles. The minimum atomic E-state index is -1.86. The van der Waals surface area contributed by atoms with E-state index in [1.807, 2.05) is 27.7 Å². The van der Waals surface area contributed by atoms with Gasteiger partial charge in [-0.15, -0.1) is 0 Å². The van der Waals surface area contributed by atoms with Crippen LogP contribution in [-0.2, 0) is 84.8 Å². The Morgan fingerprint density at radius 1 is 0.519 bits per heavy atom. The molecule has 1 saturated heterocycles. The lowest BCUT2D eigenvalue weighted by molar-refractivity contribution is -0.144. The highest BCUT2D eigenvalue weighted by Crippen LogP contribution is 2.23. The number of aromatic amines is 1. The number of nitrogens with zero attached hydrogens (tertiary/aromatic N) is 1. The number of nitrogens with one attached hydrogen (secondary N) is 12. The zero-order valence-electron chi connectivity index (χ0n) is 64.0. The highest BCUT2D eigenvalue weighted by molar-refractivity contribution is 6.00. The number of carboxylic acids is 2. The number of amides is 13. The Balaban J connectivity index is 1.58. The van der Waals surface area contributed by atoms with Crippen LogP contribution in [0.25, 0.3) is 10.9 Å². The molecule has 0 unspecified atom stereocenters. The molecule has 1 fully saturated rings. The molecule has 0 saturated carbocycles. The van der Waals surface area contributed by atoms with E-state index in [1.54, 1.807) is 116 Å². The average Bonchev–Trinajstić information content (AvgIpc) is 1.63. The Bertz CT molecular complexity index is 3590. The van der Waals surface area contributed by atoms with Gasteiger partial charge in [0.15, 0.2) is 0 Å². The van der Waals surface area contributed by atoms with E-state index in [1.165, 1.54) is 0 Å². The number of aliphatic hydroxyl groups is 1. The van der Waals surface area contributed by atoms with Gasteiger partial charge in [-0.3, -0.25) is 67.1 Å². The van der Waals surface area contributed by atoms with Gasteiger partial charge in [0.25, 0.3) is 0 Å². The van der Waals surface area contributed by atoms with Crippen molar-refractivity contribution in [1.82, 2.24) is 68.4 Å². The van der Waals surface area contributed by atoms with Crippen molar-refractivity contribution in [2.45, 2.75) is 239 Å². The maximum atomic E-state index is 14.9. The number of carbonyl (C=O) groups is 15.